The van der Waals surface area contributed by atoms with Gasteiger partial charge in [0.2, 0.25) is 17.7 Å². The van der Waals surface area contributed by atoms with Gasteiger partial charge in [-0.25, -0.2) is 4.79 Å². The van der Waals surface area contributed by atoms with Crippen molar-refractivity contribution in [1.29, 1.82) is 0 Å². The number of hydrogen-bond acceptors (Lipinski definition) is 7. The first kappa shape index (κ1) is 30.7. The van der Waals surface area contributed by atoms with Gasteiger partial charge in [0, 0.05) is 47.0 Å². The zero-order chi connectivity index (χ0) is 31.1. The maximum atomic E-state index is 13.7. The second-order valence-corrected chi connectivity index (χ2v) is 10.0. The Kier molecular flexibility index (Phi) is 9.75. The first-order valence-electron chi connectivity index (χ1n) is 13.4. The van der Waals surface area contributed by atoms with E-state index in [1.165, 1.54) is 0 Å². The van der Waals surface area contributed by atoms with Crippen molar-refractivity contribution in [3.63, 3.8) is 0 Å². The van der Waals surface area contributed by atoms with Crippen LogP contribution in [0.1, 0.15) is 17.5 Å². The lowest BCUT2D eigenvalue weighted by Gasteiger charge is -2.25. The fourth-order valence-electron chi connectivity index (χ4n) is 4.74. The Balaban J connectivity index is 1.64. The summed E-state index contributed by atoms with van der Waals surface area (Å²) < 4.78 is 0. The molecule has 226 valence electrons. The highest BCUT2D eigenvalue weighted by Gasteiger charge is 2.32. The zero-order valence-electron chi connectivity index (χ0n) is 22.9. The van der Waals surface area contributed by atoms with Crippen LogP contribution in [0.5, 0.6) is 0 Å². The molecule has 0 aliphatic carbocycles. The van der Waals surface area contributed by atoms with Crippen LogP contribution < -0.4 is 21.7 Å². The first-order chi connectivity index (χ1) is 20.6. The predicted molar refractivity (Wildman–Crippen MR) is 155 cm³/mol. The van der Waals surface area contributed by atoms with Crippen LogP contribution >= 0.6 is 0 Å². The van der Waals surface area contributed by atoms with Gasteiger partial charge in [-0.1, -0.05) is 36.4 Å². The molecule has 0 saturated carbocycles. The molecule has 0 spiro atoms. The van der Waals surface area contributed by atoms with Gasteiger partial charge in [0.25, 0.3) is 0 Å². The summed E-state index contributed by atoms with van der Waals surface area (Å²) in [5.74, 6) is -5.51. The van der Waals surface area contributed by atoms with Crippen LogP contribution in [0, 0.1) is 0 Å². The second kappa shape index (κ2) is 13.6. The van der Waals surface area contributed by atoms with Gasteiger partial charge in [0.05, 0.1) is 13.0 Å². The number of aliphatic hydroxyl groups is 1. The number of carboxylic acids is 2. The van der Waals surface area contributed by atoms with Crippen molar-refractivity contribution in [2.75, 3.05) is 6.61 Å². The smallest absolute Gasteiger partial charge is 0.326 e. The maximum Gasteiger partial charge on any atom is 0.326 e. The normalized spacial score (nSPS) is 14.0. The highest BCUT2D eigenvalue weighted by molar-refractivity contribution is 5.96. The zero-order valence-corrected chi connectivity index (χ0v) is 22.9. The highest BCUT2D eigenvalue weighted by atomic mass is 16.4. The second-order valence-electron chi connectivity index (χ2n) is 10.0. The topological polar surface area (TPSA) is 240 Å². The minimum absolute atomic E-state index is 0.0159. The summed E-state index contributed by atoms with van der Waals surface area (Å²) in [4.78, 5) is 68.8. The molecule has 3 amide bonds. The molecule has 0 fully saturated rings. The number of aliphatic carboxylic acids is 2. The van der Waals surface area contributed by atoms with Crippen molar-refractivity contribution in [3.8, 4) is 0 Å². The third kappa shape index (κ3) is 7.55. The van der Waals surface area contributed by atoms with Gasteiger partial charge in [-0.05, 0) is 23.3 Å². The molecule has 2 heterocycles. The van der Waals surface area contributed by atoms with Crippen LogP contribution in [0.4, 0.5) is 0 Å². The lowest BCUT2D eigenvalue weighted by molar-refractivity contribution is -0.147. The van der Waals surface area contributed by atoms with Crippen molar-refractivity contribution >= 4 is 51.5 Å². The van der Waals surface area contributed by atoms with E-state index in [1.54, 1.807) is 24.5 Å². The Hall–Kier alpha value is -5.21. The van der Waals surface area contributed by atoms with Crippen LogP contribution in [0.25, 0.3) is 21.8 Å². The lowest BCUT2D eigenvalue weighted by Crippen LogP contribution is -2.58. The van der Waals surface area contributed by atoms with Crippen molar-refractivity contribution in [3.05, 3.63) is 72.1 Å². The van der Waals surface area contributed by atoms with Gasteiger partial charge < -0.3 is 47.0 Å². The molecule has 0 radical (unpaired) electrons. The van der Waals surface area contributed by atoms with E-state index in [2.05, 4.69) is 25.9 Å². The highest BCUT2D eigenvalue weighted by Crippen LogP contribution is 2.21. The molecule has 10 N–H and O–H groups in total. The molecule has 14 nitrogen and oxygen atoms in total. The molecule has 4 atom stereocenters. The number of nitrogens with one attached hydrogen (secondary N) is 5. The van der Waals surface area contributed by atoms with Crippen molar-refractivity contribution in [1.82, 2.24) is 25.9 Å². The van der Waals surface area contributed by atoms with Crippen LogP contribution in [0.15, 0.2) is 60.9 Å². The Morgan fingerprint density at radius 3 is 1.58 bits per heavy atom. The molecule has 0 saturated heterocycles. The van der Waals surface area contributed by atoms with E-state index in [4.69, 9.17) is 10.8 Å². The van der Waals surface area contributed by atoms with E-state index < -0.39 is 66.9 Å². The van der Waals surface area contributed by atoms with E-state index in [-0.39, 0.29) is 12.8 Å². The van der Waals surface area contributed by atoms with Crippen molar-refractivity contribution in [2.45, 2.75) is 43.4 Å². The molecular formula is C29H32N6O8. The molecule has 2 aromatic heterocycles. The fourth-order valence-corrected chi connectivity index (χ4v) is 4.74. The van der Waals surface area contributed by atoms with Gasteiger partial charge in [-0.3, -0.25) is 19.2 Å². The number of fused-ring (bicyclic) bond motifs is 2. The van der Waals surface area contributed by atoms with Gasteiger partial charge in [-0.2, -0.15) is 0 Å². The number of aromatic amines is 2. The minimum atomic E-state index is -1.75. The summed E-state index contributed by atoms with van der Waals surface area (Å²) in [6.45, 7) is -0.668. The third-order valence-corrected chi connectivity index (χ3v) is 6.99. The fraction of sp³-hybridized carbons (Fsp3) is 0.276. The molecule has 2 aromatic carbocycles. The van der Waals surface area contributed by atoms with Crippen molar-refractivity contribution < 1.29 is 39.3 Å². The predicted octanol–water partition coefficient (Wildman–Crippen LogP) is -0.232. The minimum Gasteiger partial charge on any atom is -0.481 e. The van der Waals surface area contributed by atoms with E-state index in [1.807, 2.05) is 36.4 Å². The number of hydrogen-bond donors (Lipinski definition) is 9. The monoisotopic (exact) mass is 592 g/mol. The summed E-state index contributed by atoms with van der Waals surface area (Å²) in [7, 11) is 0. The molecule has 4 unspecified atom stereocenters. The number of carboxylic acid groups (broad SMARTS) is 2. The SMILES string of the molecule is NC(CO)C(=O)NC(Cc1c[nH]c2ccccc12)C(=O)NC(Cc1c[nH]c2ccccc12)C(=O)NC(CC(=O)O)C(=O)O. The van der Waals surface area contributed by atoms with E-state index in [9.17, 15) is 34.2 Å². The Bertz CT molecular complexity index is 1650. The average molecular weight is 593 g/mol. The standard InChI is InChI=1S/C29H32N6O8/c30-19(14-36)26(39)33-22(9-15-12-31-20-7-3-1-5-17(15)20)27(40)34-23(28(41)35-24(29(42)43)11-25(37)38)10-16-13-32-21-8-4-2-6-18(16)21/h1-8,12-13,19,22-24,31-32,36H,9-11,14,30H2,(H,33,39)(H,34,40)(H,35,41)(H,37,38)(H,42,43). The van der Waals surface area contributed by atoms with Gasteiger partial charge >= 0.3 is 11.9 Å². The maximum absolute atomic E-state index is 13.7. The molecule has 0 aliphatic heterocycles. The Labute approximate surface area is 244 Å². The van der Waals surface area contributed by atoms with Crippen LogP contribution in [-0.4, -0.2) is 85.7 Å². The number of nitrogens with two attached hydrogens (primary N) is 1. The molecule has 4 aromatic rings. The number of rotatable bonds is 14. The van der Waals surface area contributed by atoms with Gasteiger partial charge in [-0.15, -0.1) is 0 Å². The molecule has 4 rings (SSSR count). The van der Waals surface area contributed by atoms with Gasteiger partial charge in [0.15, 0.2) is 0 Å². The number of aromatic nitrogens is 2. The molecule has 0 bridgehead atoms. The summed E-state index contributed by atoms with van der Waals surface area (Å²) in [6, 6.07) is 8.86. The molecular weight excluding hydrogens is 560 g/mol. The summed E-state index contributed by atoms with van der Waals surface area (Å²) in [5, 5.41) is 36.8. The summed E-state index contributed by atoms with van der Waals surface area (Å²) in [5.41, 5.74) is 8.54. The average Bonchev–Trinajstić information content (AvgIpc) is 3.59. The quantitative estimate of drug-likeness (QED) is 0.0938. The number of carbonyl (C=O) groups excluding carboxylic acids is 3. The lowest BCUT2D eigenvalue weighted by atomic mass is 10.0. The molecule has 43 heavy (non-hydrogen) atoms. The van der Waals surface area contributed by atoms with Gasteiger partial charge in [0.1, 0.15) is 24.2 Å². The van der Waals surface area contributed by atoms with Crippen LogP contribution in [0.2, 0.25) is 0 Å². The molecule has 0 aliphatic rings. The number of para-hydroxylation sites is 2. The first-order valence-corrected chi connectivity index (χ1v) is 13.4. The number of carbonyl (C=O) groups is 5. The van der Waals surface area contributed by atoms with E-state index >= 15 is 0 Å². The molecule has 14 heteroatoms. The summed E-state index contributed by atoms with van der Waals surface area (Å²) >= 11 is 0. The summed E-state index contributed by atoms with van der Waals surface area (Å²) in [6.07, 6.45) is 2.34. The number of H-pyrrole nitrogens is 2. The van der Waals surface area contributed by atoms with E-state index in [0.29, 0.717) is 11.1 Å². The van der Waals surface area contributed by atoms with Crippen LogP contribution in [-0.2, 0) is 36.8 Å². The van der Waals surface area contributed by atoms with Crippen LogP contribution in [0.3, 0.4) is 0 Å². The van der Waals surface area contributed by atoms with E-state index in [0.717, 1.165) is 21.8 Å². The number of benzene rings is 2. The number of aliphatic hydroxyl groups excluding tert-OH is 1. The number of amides is 3. The largest absolute Gasteiger partial charge is 0.481 e. The Morgan fingerprint density at radius 2 is 1.14 bits per heavy atom. The van der Waals surface area contributed by atoms with Crippen molar-refractivity contribution in [2.24, 2.45) is 5.73 Å². The third-order valence-electron chi connectivity index (χ3n) is 6.99. The Morgan fingerprint density at radius 1 is 0.698 bits per heavy atom.